The van der Waals surface area contributed by atoms with Crippen LogP contribution in [0.1, 0.15) is 59.3 Å². The second kappa shape index (κ2) is 10.6. The number of hydrogen-bond acceptors (Lipinski definition) is 5. The Morgan fingerprint density at radius 2 is 1.75 bits per heavy atom. The van der Waals surface area contributed by atoms with Crippen molar-refractivity contribution in [1.29, 1.82) is 0 Å². The van der Waals surface area contributed by atoms with E-state index in [2.05, 4.69) is 10.2 Å². The van der Waals surface area contributed by atoms with Crippen LogP contribution in [0.2, 0.25) is 0 Å². The monoisotopic (exact) mass is 445 g/mol. The number of nitrogens with zero attached hydrogens (tertiary/aromatic N) is 2. The van der Waals surface area contributed by atoms with E-state index in [9.17, 15) is 9.59 Å². The number of carbonyl (C=O) groups excluding carboxylic acids is 2. The summed E-state index contributed by atoms with van der Waals surface area (Å²) in [5.41, 5.74) is -0.357. The summed E-state index contributed by atoms with van der Waals surface area (Å²) in [5, 5.41) is 3.01. The minimum Gasteiger partial charge on any atom is -0.497 e. The van der Waals surface area contributed by atoms with Crippen LogP contribution >= 0.6 is 0 Å². The minimum atomic E-state index is -0.945. The lowest BCUT2D eigenvalue weighted by atomic mass is 9.82. The Balaban J connectivity index is 1.81. The van der Waals surface area contributed by atoms with Crippen molar-refractivity contribution < 1.29 is 19.1 Å². The minimum absolute atomic E-state index is 0.0549. The summed E-state index contributed by atoms with van der Waals surface area (Å²) >= 11 is 0. The first-order chi connectivity index (χ1) is 15.3. The van der Waals surface area contributed by atoms with E-state index in [4.69, 9.17) is 9.47 Å². The highest BCUT2D eigenvalue weighted by molar-refractivity contribution is 6.00. The molecule has 0 spiro atoms. The molecule has 2 heterocycles. The van der Waals surface area contributed by atoms with Gasteiger partial charge in [-0.2, -0.15) is 0 Å². The Kier molecular flexibility index (Phi) is 8.04. The first kappa shape index (κ1) is 24.4. The molecule has 2 aliphatic rings. The van der Waals surface area contributed by atoms with Crippen molar-refractivity contribution in [2.75, 3.05) is 39.2 Å². The smallest absolute Gasteiger partial charge is 0.250 e. The molecule has 1 N–H and O–H groups in total. The lowest BCUT2D eigenvalue weighted by Crippen LogP contribution is -2.60. The molecule has 2 fully saturated rings. The number of benzene rings is 1. The molecule has 3 unspecified atom stereocenters. The van der Waals surface area contributed by atoms with Crippen LogP contribution in [0.5, 0.6) is 11.5 Å². The molecule has 3 atom stereocenters. The van der Waals surface area contributed by atoms with Crippen molar-refractivity contribution in [3.05, 3.63) is 18.2 Å². The molecule has 2 saturated heterocycles. The van der Waals surface area contributed by atoms with Crippen LogP contribution in [0.15, 0.2) is 18.2 Å². The van der Waals surface area contributed by atoms with Gasteiger partial charge in [-0.3, -0.25) is 9.59 Å². The van der Waals surface area contributed by atoms with Gasteiger partial charge in [0.2, 0.25) is 11.8 Å². The zero-order chi connectivity index (χ0) is 23.3. The molecule has 0 bridgehead atoms. The molecule has 0 saturated carbocycles. The van der Waals surface area contributed by atoms with Crippen molar-refractivity contribution in [2.45, 2.75) is 70.9 Å². The van der Waals surface area contributed by atoms with Crippen LogP contribution in [-0.2, 0) is 9.59 Å². The van der Waals surface area contributed by atoms with Crippen LogP contribution in [0.4, 0.5) is 5.69 Å². The average Bonchev–Trinajstić information content (AvgIpc) is 2.81. The zero-order valence-electron chi connectivity index (χ0n) is 20.3. The Labute approximate surface area is 192 Å². The number of rotatable bonds is 8. The van der Waals surface area contributed by atoms with Gasteiger partial charge in [-0.25, -0.2) is 0 Å². The SMILES string of the molecule is CCC(C)(C(=O)Nc1cc(OC)cc(OC)c1)N(CC1CCCN2CCCCC12)C(C)=O. The molecule has 178 valence electrons. The van der Waals surface area contributed by atoms with Crippen molar-refractivity contribution >= 4 is 17.5 Å². The summed E-state index contributed by atoms with van der Waals surface area (Å²) in [6.45, 7) is 8.36. The van der Waals surface area contributed by atoms with Crippen molar-refractivity contribution in [3.63, 3.8) is 0 Å². The van der Waals surface area contributed by atoms with E-state index in [0.29, 0.717) is 42.1 Å². The number of anilines is 1. The quantitative estimate of drug-likeness (QED) is 0.657. The topological polar surface area (TPSA) is 71.1 Å². The van der Waals surface area contributed by atoms with Gasteiger partial charge in [0.1, 0.15) is 17.0 Å². The predicted octanol–water partition coefficient (Wildman–Crippen LogP) is 3.92. The predicted molar refractivity (Wildman–Crippen MR) is 126 cm³/mol. The highest BCUT2D eigenvalue weighted by Gasteiger charge is 2.43. The first-order valence-electron chi connectivity index (χ1n) is 11.9. The molecule has 3 rings (SSSR count). The van der Waals surface area contributed by atoms with Gasteiger partial charge in [0.05, 0.1) is 14.2 Å². The second-order valence-corrected chi connectivity index (χ2v) is 9.31. The summed E-state index contributed by atoms with van der Waals surface area (Å²) in [4.78, 5) is 30.8. The fraction of sp³-hybridized carbons (Fsp3) is 0.680. The number of amides is 2. The number of ether oxygens (including phenoxy) is 2. The Morgan fingerprint density at radius 1 is 1.09 bits per heavy atom. The molecular weight excluding hydrogens is 406 g/mol. The maximum atomic E-state index is 13.5. The number of carbonyl (C=O) groups is 2. The molecule has 2 aliphatic heterocycles. The largest absolute Gasteiger partial charge is 0.497 e. The lowest BCUT2D eigenvalue weighted by molar-refractivity contribution is -0.145. The van der Waals surface area contributed by atoms with Crippen molar-refractivity contribution in [1.82, 2.24) is 9.80 Å². The Bertz CT molecular complexity index is 790. The highest BCUT2D eigenvalue weighted by Crippen LogP contribution is 2.34. The standard InChI is InChI=1S/C25H39N3O4/c1-6-25(3,24(30)26-20-14-21(31-4)16-22(15-20)32-5)28(18(2)29)17-19-10-9-13-27-12-8-7-11-23(19)27/h14-16,19,23H,6-13,17H2,1-5H3,(H,26,30). The number of methoxy groups -OCH3 is 2. The second-order valence-electron chi connectivity index (χ2n) is 9.31. The summed E-state index contributed by atoms with van der Waals surface area (Å²) in [6.07, 6.45) is 6.50. The molecule has 0 aliphatic carbocycles. The van der Waals surface area contributed by atoms with Crippen LogP contribution in [0.3, 0.4) is 0 Å². The maximum Gasteiger partial charge on any atom is 0.250 e. The molecule has 2 amide bonds. The average molecular weight is 446 g/mol. The summed E-state index contributed by atoms with van der Waals surface area (Å²) in [5.74, 6) is 1.35. The van der Waals surface area contributed by atoms with E-state index in [0.717, 1.165) is 25.9 Å². The fourth-order valence-electron chi connectivity index (χ4n) is 5.32. The van der Waals surface area contributed by atoms with E-state index >= 15 is 0 Å². The number of nitrogens with one attached hydrogen (secondary N) is 1. The van der Waals surface area contributed by atoms with Crippen LogP contribution in [0, 0.1) is 5.92 Å². The van der Waals surface area contributed by atoms with Crippen LogP contribution in [-0.4, -0.2) is 67.0 Å². The summed E-state index contributed by atoms with van der Waals surface area (Å²) in [7, 11) is 3.15. The van der Waals surface area contributed by atoms with Crippen LogP contribution in [0.25, 0.3) is 0 Å². The summed E-state index contributed by atoms with van der Waals surface area (Å²) in [6, 6.07) is 5.80. The van der Waals surface area contributed by atoms with Gasteiger partial charge in [0, 0.05) is 43.4 Å². The first-order valence-corrected chi connectivity index (χ1v) is 11.9. The number of piperidine rings is 2. The molecule has 1 aromatic carbocycles. The molecule has 32 heavy (non-hydrogen) atoms. The van der Waals surface area contributed by atoms with E-state index in [1.54, 1.807) is 39.3 Å². The molecule has 7 heteroatoms. The molecule has 1 aromatic rings. The van der Waals surface area contributed by atoms with Gasteiger partial charge in [-0.05, 0) is 58.0 Å². The third-order valence-electron chi connectivity index (χ3n) is 7.41. The normalized spacial score (nSPS) is 22.9. The third kappa shape index (κ3) is 5.20. The Hall–Kier alpha value is -2.28. The van der Waals surface area contributed by atoms with Gasteiger partial charge in [0.25, 0.3) is 0 Å². The number of hydrogen-bond donors (Lipinski definition) is 1. The van der Waals surface area contributed by atoms with E-state index in [1.165, 1.54) is 19.3 Å². The molecular formula is C25H39N3O4. The van der Waals surface area contributed by atoms with E-state index in [1.807, 2.05) is 18.7 Å². The third-order valence-corrected chi connectivity index (χ3v) is 7.41. The fourth-order valence-corrected chi connectivity index (χ4v) is 5.32. The zero-order valence-corrected chi connectivity index (χ0v) is 20.3. The molecule has 0 aromatic heterocycles. The van der Waals surface area contributed by atoms with Crippen molar-refractivity contribution in [3.8, 4) is 11.5 Å². The highest BCUT2D eigenvalue weighted by atomic mass is 16.5. The van der Waals surface area contributed by atoms with Crippen molar-refractivity contribution in [2.24, 2.45) is 5.92 Å². The lowest BCUT2D eigenvalue weighted by Gasteiger charge is -2.48. The number of fused-ring (bicyclic) bond motifs is 1. The van der Waals surface area contributed by atoms with Gasteiger partial charge < -0.3 is 24.6 Å². The van der Waals surface area contributed by atoms with Gasteiger partial charge in [-0.15, -0.1) is 0 Å². The van der Waals surface area contributed by atoms with Crippen LogP contribution < -0.4 is 14.8 Å². The molecule has 0 radical (unpaired) electrons. The Morgan fingerprint density at radius 3 is 2.34 bits per heavy atom. The summed E-state index contributed by atoms with van der Waals surface area (Å²) < 4.78 is 10.7. The molecule has 7 nitrogen and oxygen atoms in total. The van der Waals surface area contributed by atoms with Gasteiger partial charge in [-0.1, -0.05) is 13.3 Å². The van der Waals surface area contributed by atoms with E-state index in [-0.39, 0.29) is 11.8 Å². The maximum absolute atomic E-state index is 13.5. The van der Waals surface area contributed by atoms with Gasteiger partial charge in [0.15, 0.2) is 0 Å². The van der Waals surface area contributed by atoms with E-state index < -0.39 is 5.54 Å². The van der Waals surface area contributed by atoms with Gasteiger partial charge >= 0.3 is 0 Å².